The Morgan fingerprint density at radius 3 is 2.50 bits per heavy atom. The van der Waals surface area contributed by atoms with Gasteiger partial charge in [-0.2, -0.15) is 0 Å². The summed E-state index contributed by atoms with van der Waals surface area (Å²) in [5, 5.41) is 0. The Morgan fingerprint density at radius 2 is 1.78 bits per heavy atom. The number of hydrogen-bond acceptors (Lipinski definition) is 5. The van der Waals surface area contributed by atoms with Crippen molar-refractivity contribution in [3.05, 3.63) is 82.2 Å². The van der Waals surface area contributed by atoms with Crippen LogP contribution in [-0.4, -0.2) is 37.6 Å². The van der Waals surface area contributed by atoms with Gasteiger partial charge >= 0.3 is 5.97 Å². The lowest BCUT2D eigenvalue weighted by atomic mass is 9.81. The molecular weight excluding hydrogens is 406 g/mol. The number of hydrogen-bond donors (Lipinski definition) is 1. The molecule has 32 heavy (non-hydrogen) atoms. The number of benzene rings is 2. The fourth-order valence-corrected chi connectivity index (χ4v) is 4.36. The highest BCUT2D eigenvalue weighted by molar-refractivity contribution is 6.03. The number of ether oxygens (including phenoxy) is 3. The van der Waals surface area contributed by atoms with Crippen LogP contribution in [0.25, 0.3) is 0 Å². The monoisotopic (exact) mass is 433 g/mol. The Kier molecular flexibility index (Phi) is 6.30. The van der Waals surface area contributed by atoms with Crippen LogP contribution in [0.15, 0.2) is 48.5 Å². The molecule has 1 atom stereocenters. The molecule has 3 aromatic rings. The van der Waals surface area contributed by atoms with Crippen LogP contribution in [0.3, 0.4) is 0 Å². The van der Waals surface area contributed by atoms with E-state index in [0.29, 0.717) is 47.6 Å². The standard InChI is InChI=1S/C26H27NO5/c1-16-24-20(27-25(16)26(29)32-12-11-17-7-5-4-6-8-17)13-19(14-21(24)28)18-9-10-22(30-2)23(15-18)31-3/h4-10,15,19,27H,11-14H2,1-3H3/t19-/m1/s1. The van der Waals surface area contributed by atoms with E-state index in [1.165, 1.54) is 0 Å². The van der Waals surface area contributed by atoms with Gasteiger partial charge in [-0.15, -0.1) is 0 Å². The van der Waals surface area contributed by atoms with Crippen LogP contribution in [0, 0.1) is 6.92 Å². The zero-order chi connectivity index (χ0) is 22.7. The maximum absolute atomic E-state index is 13.0. The van der Waals surface area contributed by atoms with E-state index in [1.54, 1.807) is 21.1 Å². The number of aromatic nitrogens is 1. The second kappa shape index (κ2) is 9.30. The summed E-state index contributed by atoms with van der Waals surface area (Å²) in [6.45, 7) is 2.09. The van der Waals surface area contributed by atoms with Gasteiger partial charge in [0, 0.05) is 24.1 Å². The van der Waals surface area contributed by atoms with E-state index < -0.39 is 5.97 Å². The normalized spacial score (nSPS) is 15.2. The van der Waals surface area contributed by atoms with Crippen molar-refractivity contribution in [1.29, 1.82) is 0 Å². The van der Waals surface area contributed by atoms with Crippen LogP contribution in [0.1, 0.15) is 55.6 Å². The molecule has 0 saturated heterocycles. The predicted octanol–water partition coefficient (Wildman–Crippen LogP) is 4.65. The highest BCUT2D eigenvalue weighted by atomic mass is 16.5. The van der Waals surface area contributed by atoms with E-state index >= 15 is 0 Å². The number of methoxy groups -OCH3 is 2. The predicted molar refractivity (Wildman–Crippen MR) is 121 cm³/mol. The summed E-state index contributed by atoms with van der Waals surface area (Å²) in [5.41, 5.74) is 4.55. The summed E-state index contributed by atoms with van der Waals surface area (Å²) in [6, 6.07) is 15.6. The lowest BCUT2D eigenvalue weighted by Crippen LogP contribution is -2.18. The highest BCUT2D eigenvalue weighted by Gasteiger charge is 2.32. The first-order valence-corrected chi connectivity index (χ1v) is 10.7. The van der Waals surface area contributed by atoms with Crippen molar-refractivity contribution in [3.63, 3.8) is 0 Å². The largest absolute Gasteiger partial charge is 0.493 e. The quantitative estimate of drug-likeness (QED) is 0.549. The average molecular weight is 434 g/mol. The van der Waals surface area contributed by atoms with Crippen LogP contribution >= 0.6 is 0 Å². The molecule has 6 nitrogen and oxygen atoms in total. The van der Waals surface area contributed by atoms with Gasteiger partial charge in [-0.05, 0) is 48.1 Å². The van der Waals surface area contributed by atoms with Crippen molar-refractivity contribution in [2.24, 2.45) is 0 Å². The summed E-state index contributed by atoms with van der Waals surface area (Å²) in [5.74, 6) is 0.880. The van der Waals surface area contributed by atoms with Gasteiger partial charge in [0.2, 0.25) is 0 Å². The Labute approximate surface area is 187 Å². The molecule has 0 saturated carbocycles. The lowest BCUT2D eigenvalue weighted by molar-refractivity contribution is 0.0502. The number of fused-ring (bicyclic) bond motifs is 1. The highest BCUT2D eigenvalue weighted by Crippen LogP contribution is 2.38. The molecule has 1 aliphatic carbocycles. The van der Waals surface area contributed by atoms with Gasteiger partial charge in [0.1, 0.15) is 5.69 Å². The molecule has 1 heterocycles. The molecule has 1 N–H and O–H groups in total. The fourth-order valence-electron chi connectivity index (χ4n) is 4.36. The van der Waals surface area contributed by atoms with Gasteiger partial charge in [-0.1, -0.05) is 36.4 Å². The van der Waals surface area contributed by atoms with Crippen molar-refractivity contribution in [3.8, 4) is 11.5 Å². The second-order valence-electron chi connectivity index (χ2n) is 7.99. The molecule has 6 heteroatoms. The maximum Gasteiger partial charge on any atom is 0.355 e. The van der Waals surface area contributed by atoms with E-state index in [1.807, 2.05) is 48.5 Å². The minimum Gasteiger partial charge on any atom is -0.493 e. The molecule has 1 aliphatic rings. The molecule has 2 aromatic carbocycles. The minimum absolute atomic E-state index is 0.00481. The number of ketones is 1. The minimum atomic E-state index is -0.428. The van der Waals surface area contributed by atoms with Crippen LogP contribution in [0.2, 0.25) is 0 Å². The maximum atomic E-state index is 13.0. The molecule has 4 rings (SSSR count). The lowest BCUT2D eigenvalue weighted by Gasteiger charge is -2.23. The van der Waals surface area contributed by atoms with Crippen LogP contribution in [-0.2, 0) is 17.6 Å². The van der Waals surface area contributed by atoms with Crippen LogP contribution in [0.4, 0.5) is 0 Å². The van der Waals surface area contributed by atoms with Crippen molar-refractivity contribution in [2.75, 3.05) is 20.8 Å². The van der Waals surface area contributed by atoms with Crippen molar-refractivity contribution < 1.29 is 23.8 Å². The van der Waals surface area contributed by atoms with Gasteiger partial charge in [0.05, 0.1) is 20.8 Å². The van der Waals surface area contributed by atoms with E-state index in [4.69, 9.17) is 14.2 Å². The number of esters is 1. The number of carbonyl (C=O) groups is 2. The van der Waals surface area contributed by atoms with Crippen LogP contribution < -0.4 is 9.47 Å². The average Bonchev–Trinajstić information content (AvgIpc) is 3.16. The Hall–Kier alpha value is -3.54. The molecule has 0 spiro atoms. The fraction of sp³-hybridized carbons (Fsp3) is 0.308. The van der Waals surface area contributed by atoms with E-state index in [0.717, 1.165) is 16.8 Å². The molecule has 0 aliphatic heterocycles. The van der Waals surface area contributed by atoms with Gasteiger partial charge in [-0.25, -0.2) is 4.79 Å². The van der Waals surface area contributed by atoms with Gasteiger partial charge in [0.25, 0.3) is 0 Å². The molecular formula is C26H27NO5. The molecule has 0 fully saturated rings. The zero-order valence-corrected chi connectivity index (χ0v) is 18.6. The van der Waals surface area contributed by atoms with Crippen molar-refractivity contribution in [2.45, 2.75) is 32.1 Å². The Morgan fingerprint density at radius 1 is 1.03 bits per heavy atom. The smallest absolute Gasteiger partial charge is 0.355 e. The van der Waals surface area contributed by atoms with Crippen molar-refractivity contribution >= 4 is 11.8 Å². The number of aromatic amines is 1. The number of H-pyrrole nitrogens is 1. The topological polar surface area (TPSA) is 77.6 Å². The molecule has 0 radical (unpaired) electrons. The summed E-state index contributed by atoms with van der Waals surface area (Å²) in [4.78, 5) is 28.8. The first-order chi connectivity index (χ1) is 15.5. The summed E-state index contributed by atoms with van der Waals surface area (Å²) in [7, 11) is 3.19. The summed E-state index contributed by atoms with van der Waals surface area (Å²) < 4.78 is 16.2. The molecule has 1 aromatic heterocycles. The first-order valence-electron chi connectivity index (χ1n) is 10.7. The molecule has 166 valence electrons. The van der Waals surface area contributed by atoms with E-state index in [2.05, 4.69) is 4.98 Å². The van der Waals surface area contributed by atoms with Crippen molar-refractivity contribution in [1.82, 2.24) is 4.98 Å². The Bertz CT molecular complexity index is 1130. The van der Waals surface area contributed by atoms with Gasteiger partial charge in [-0.3, -0.25) is 4.79 Å². The number of nitrogens with one attached hydrogen (secondary N) is 1. The zero-order valence-electron chi connectivity index (χ0n) is 18.6. The van der Waals surface area contributed by atoms with Crippen LogP contribution in [0.5, 0.6) is 11.5 Å². The molecule has 0 bridgehead atoms. The molecule has 0 amide bonds. The SMILES string of the molecule is COc1ccc([C@H]2CC(=O)c3c([nH]c(C(=O)OCCc4ccccc4)c3C)C2)cc1OC. The third kappa shape index (κ3) is 4.26. The van der Waals surface area contributed by atoms with E-state index in [-0.39, 0.29) is 18.3 Å². The third-order valence-electron chi connectivity index (χ3n) is 6.04. The number of Topliss-reactive ketones (excluding diaryl/α,β-unsaturated/α-hetero) is 1. The van der Waals surface area contributed by atoms with E-state index in [9.17, 15) is 9.59 Å². The first kappa shape index (κ1) is 21.7. The van der Waals surface area contributed by atoms with Gasteiger partial charge in [0.15, 0.2) is 17.3 Å². The molecule has 0 unspecified atom stereocenters. The summed E-state index contributed by atoms with van der Waals surface area (Å²) in [6.07, 6.45) is 1.66. The number of carbonyl (C=O) groups excluding carboxylic acids is 2. The third-order valence-corrected chi connectivity index (χ3v) is 6.04. The second-order valence-corrected chi connectivity index (χ2v) is 7.99. The van der Waals surface area contributed by atoms with Gasteiger partial charge < -0.3 is 19.2 Å². The Balaban J connectivity index is 1.50. The number of rotatable bonds is 7. The summed E-state index contributed by atoms with van der Waals surface area (Å²) >= 11 is 0.